The number of nitrogens with zero attached hydrogens (tertiary/aromatic N) is 1. The number of hydrogen-bond acceptors (Lipinski definition) is 8. The van der Waals surface area contributed by atoms with Crippen molar-refractivity contribution in [2.45, 2.75) is 0 Å². The Labute approximate surface area is 168 Å². The van der Waals surface area contributed by atoms with Gasteiger partial charge in [-0.3, -0.25) is 14.9 Å². The van der Waals surface area contributed by atoms with Gasteiger partial charge < -0.3 is 14.8 Å². The van der Waals surface area contributed by atoms with Gasteiger partial charge in [-0.1, -0.05) is 36.1 Å². The fraction of sp³-hybridized carbons (Fsp3) is 0.0556. The van der Waals surface area contributed by atoms with E-state index in [1.54, 1.807) is 18.2 Å². The smallest absolute Gasteiger partial charge is 0.343 e. The highest BCUT2D eigenvalue weighted by atomic mass is 32.2. The summed E-state index contributed by atoms with van der Waals surface area (Å²) >= 11 is 6.09. The summed E-state index contributed by atoms with van der Waals surface area (Å²) in [7, 11) is 1.41. The number of amides is 1. The molecule has 0 aliphatic carbocycles. The molecule has 0 unspecified atom stereocenters. The minimum absolute atomic E-state index is 0.0370. The van der Waals surface area contributed by atoms with Gasteiger partial charge in [-0.15, -0.1) is 0 Å². The zero-order valence-corrected chi connectivity index (χ0v) is 16.0. The normalized spacial score (nSPS) is 14.7. The zero-order chi connectivity index (χ0) is 20.3. The SMILES string of the molecule is COc1cc(/C=C2/SC(=S)NC2=O)ccc1OC(=O)c1cccc([N+](=O)[O-])c1. The molecule has 2 aromatic carbocycles. The third-order valence-corrected chi connectivity index (χ3v) is 4.79. The third kappa shape index (κ3) is 4.35. The highest BCUT2D eigenvalue weighted by Gasteiger charge is 2.22. The largest absolute Gasteiger partial charge is 0.493 e. The van der Waals surface area contributed by atoms with E-state index < -0.39 is 10.9 Å². The predicted octanol–water partition coefficient (Wildman–Crippen LogP) is 3.31. The van der Waals surface area contributed by atoms with Crippen LogP contribution < -0.4 is 14.8 Å². The molecule has 1 aliphatic rings. The summed E-state index contributed by atoms with van der Waals surface area (Å²) in [4.78, 5) is 34.8. The fourth-order valence-corrected chi connectivity index (χ4v) is 3.38. The van der Waals surface area contributed by atoms with Crippen LogP contribution in [0.25, 0.3) is 6.08 Å². The van der Waals surface area contributed by atoms with E-state index in [1.165, 1.54) is 31.4 Å². The molecule has 1 amide bonds. The Balaban J connectivity index is 1.83. The van der Waals surface area contributed by atoms with E-state index in [0.29, 0.717) is 14.8 Å². The average molecular weight is 416 g/mol. The fourth-order valence-electron chi connectivity index (χ4n) is 2.34. The molecule has 1 saturated heterocycles. The van der Waals surface area contributed by atoms with Crippen LogP contribution in [-0.4, -0.2) is 28.2 Å². The molecule has 0 saturated carbocycles. The number of rotatable bonds is 5. The number of nitro groups is 1. The molecule has 0 bridgehead atoms. The van der Waals surface area contributed by atoms with Gasteiger partial charge in [-0.2, -0.15) is 0 Å². The highest BCUT2D eigenvalue weighted by molar-refractivity contribution is 8.26. The Bertz CT molecular complexity index is 1030. The van der Waals surface area contributed by atoms with Crippen LogP contribution in [-0.2, 0) is 4.79 Å². The molecule has 0 radical (unpaired) electrons. The number of hydrogen-bond donors (Lipinski definition) is 1. The highest BCUT2D eigenvalue weighted by Crippen LogP contribution is 2.32. The molecule has 28 heavy (non-hydrogen) atoms. The first-order valence-corrected chi connectivity index (χ1v) is 8.99. The number of thiocarbonyl (C=S) groups is 1. The van der Waals surface area contributed by atoms with E-state index in [2.05, 4.69) is 5.32 Å². The van der Waals surface area contributed by atoms with Crippen LogP contribution in [0.5, 0.6) is 11.5 Å². The maximum Gasteiger partial charge on any atom is 0.343 e. The van der Waals surface area contributed by atoms with Crippen molar-refractivity contribution in [1.29, 1.82) is 0 Å². The maximum absolute atomic E-state index is 12.3. The van der Waals surface area contributed by atoms with Crippen molar-refractivity contribution >= 4 is 51.9 Å². The van der Waals surface area contributed by atoms with Gasteiger partial charge in [-0.05, 0) is 29.8 Å². The summed E-state index contributed by atoms with van der Waals surface area (Å²) in [5.41, 5.74) is 0.470. The molecule has 0 aromatic heterocycles. The van der Waals surface area contributed by atoms with Crippen LogP contribution in [0.15, 0.2) is 47.4 Å². The number of ether oxygens (including phenoxy) is 2. The molecule has 1 fully saturated rings. The van der Waals surface area contributed by atoms with Crippen molar-refractivity contribution < 1.29 is 24.0 Å². The van der Waals surface area contributed by atoms with E-state index in [9.17, 15) is 19.7 Å². The number of carbonyl (C=O) groups is 2. The van der Waals surface area contributed by atoms with Gasteiger partial charge in [0.05, 0.1) is 22.5 Å². The second-order valence-electron chi connectivity index (χ2n) is 5.46. The molecule has 10 heteroatoms. The van der Waals surface area contributed by atoms with Gasteiger partial charge in [-0.25, -0.2) is 4.79 Å². The Morgan fingerprint density at radius 2 is 2.04 bits per heavy atom. The van der Waals surface area contributed by atoms with Crippen molar-refractivity contribution in [3.05, 3.63) is 68.6 Å². The monoisotopic (exact) mass is 416 g/mol. The van der Waals surface area contributed by atoms with Crippen molar-refractivity contribution in [2.75, 3.05) is 7.11 Å². The zero-order valence-electron chi connectivity index (χ0n) is 14.3. The van der Waals surface area contributed by atoms with Crippen LogP contribution in [0.4, 0.5) is 5.69 Å². The summed E-state index contributed by atoms with van der Waals surface area (Å²) in [6, 6.07) is 9.97. The molecule has 0 spiro atoms. The van der Waals surface area contributed by atoms with Gasteiger partial charge in [0, 0.05) is 12.1 Å². The number of nitro benzene ring substituents is 1. The lowest BCUT2D eigenvalue weighted by atomic mass is 10.1. The number of methoxy groups -OCH3 is 1. The first kappa shape index (κ1) is 19.5. The van der Waals surface area contributed by atoms with Gasteiger partial charge in [0.25, 0.3) is 11.6 Å². The quantitative estimate of drug-likeness (QED) is 0.198. The molecule has 1 aliphatic heterocycles. The lowest BCUT2D eigenvalue weighted by Gasteiger charge is -2.10. The van der Waals surface area contributed by atoms with Gasteiger partial charge in [0.2, 0.25) is 0 Å². The minimum Gasteiger partial charge on any atom is -0.493 e. The van der Waals surface area contributed by atoms with E-state index in [0.717, 1.165) is 17.8 Å². The number of thioether (sulfide) groups is 1. The van der Waals surface area contributed by atoms with E-state index in [4.69, 9.17) is 21.7 Å². The van der Waals surface area contributed by atoms with E-state index >= 15 is 0 Å². The molecular weight excluding hydrogens is 404 g/mol. The van der Waals surface area contributed by atoms with Crippen LogP contribution in [0, 0.1) is 10.1 Å². The molecule has 1 heterocycles. The Hall–Kier alpha value is -3.24. The van der Waals surface area contributed by atoms with Crippen molar-refractivity contribution in [1.82, 2.24) is 5.32 Å². The van der Waals surface area contributed by atoms with Crippen molar-refractivity contribution in [2.24, 2.45) is 0 Å². The topological polar surface area (TPSA) is 108 Å². The second kappa shape index (κ2) is 8.19. The Morgan fingerprint density at radius 3 is 2.68 bits per heavy atom. The summed E-state index contributed by atoms with van der Waals surface area (Å²) in [6.45, 7) is 0. The van der Waals surface area contributed by atoms with Crippen LogP contribution in [0.2, 0.25) is 0 Å². The maximum atomic E-state index is 12.3. The number of benzene rings is 2. The average Bonchev–Trinajstić information content (AvgIpc) is 2.99. The minimum atomic E-state index is -0.760. The van der Waals surface area contributed by atoms with Crippen LogP contribution in [0.1, 0.15) is 15.9 Å². The summed E-state index contributed by atoms with van der Waals surface area (Å²) < 4.78 is 10.9. The molecule has 142 valence electrons. The molecule has 2 aromatic rings. The number of carbonyl (C=O) groups excluding carboxylic acids is 2. The van der Waals surface area contributed by atoms with Gasteiger partial charge in [0.1, 0.15) is 4.32 Å². The number of non-ortho nitro benzene ring substituents is 1. The standard InChI is InChI=1S/C18H12N2O6S2/c1-25-14-7-10(8-15-16(21)19-18(27)28-15)5-6-13(14)26-17(22)11-3-2-4-12(9-11)20(23)24/h2-9H,1H3,(H,19,21,27)/b15-8+. The summed E-state index contributed by atoms with van der Waals surface area (Å²) in [5.74, 6) is -0.640. The third-order valence-electron chi connectivity index (χ3n) is 3.62. The summed E-state index contributed by atoms with van der Waals surface area (Å²) in [6.07, 6.45) is 1.63. The van der Waals surface area contributed by atoms with Gasteiger partial charge in [0.15, 0.2) is 11.5 Å². The van der Waals surface area contributed by atoms with Crippen molar-refractivity contribution in [3.63, 3.8) is 0 Å². The first-order valence-electron chi connectivity index (χ1n) is 7.77. The Morgan fingerprint density at radius 1 is 1.25 bits per heavy atom. The van der Waals surface area contributed by atoms with E-state index in [-0.39, 0.29) is 28.7 Å². The second-order valence-corrected chi connectivity index (χ2v) is 7.18. The van der Waals surface area contributed by atoms with Crippen molar-refractivity contribution in [3.8, 4) is 11.5 Å². The molecular formula is C18H12N2O6S2. The molecule has 3 rings (SSSR count). The Kier molecular flexibility index (Phi) is 5.71. The summed E-state index contributed by atoms with van der Waals surface area (Å²) in [5, 5.41) is 13.4. The van der Waals surface area contributed by atoms with Crippen LogP contribution >= 0.6 is 24.0 Å². The molecule has 8 nitrogen and oxygen atoms in total. The lowest BCUT2D eigenvalue weighted by Crippen LogP contribution is -2.17. The predicted molar refractivity (Wildman–Crippen MR) is 107 cm³/mol. The van der Waals surface area contributed by atoms with Crippen LogP contribution in [0.3, 0.4) is 0 Å². The van der Waals surface area contributed by atoms with E-state index in [1.807, 2.05) is 0 Å². The lowest BCUT2D eigenvalue weighted by molar-refractivity contribution is -0.384. The molecule has 0 atom stereocenters. The number of nitrogens with one attached hydrogen (secondary N) is 1. The molecule has 1 N–H and O–H groups in total. The number of esters is 1. The van der Waals surface area contributed by atoms with Gasteiger partial charge >= 0.3 is 5.97 Å². The first-order chi connectivity index (χ1) is 13.4.